The van der Waals surface area contributed by atoms with Crippen LogP contribution in [0.2, 0.25) is 0 Å². The van der Waals surface area contributed by atoms with Crippen LogP contribution in [0.4, 0.5) is 71.7 Å². The summed E-state index contributed by atoms with van der Waals surface area (Å²) in [6, 6.07) is 2.71. The average Bonchev–Trinajstić information content (AvgIpc) is 2.95. The predicted octanol–water partition coefficient (Wildman–Crippen LogP) is 5.56. The van der Waals surface area contributed by atoms with Gasteiger partial charge in [0.05, 0.1) is 5.82 Å². The van der Waals surface area contributed by atoms with E-state index in [1.165, 1.54) is 5.23 Å². The van der Waals surface area contributed by atoms with E-state index in [1.54, 1.807) is 0 Å². The lowest BCUT2D eigenvalue weighted by Crippen LogP contribution is -2.78. The molecule has 222 valence electrons. The van der Waals surface area contributed by atoms with Crippen LogP contribution >= 0.6 is 0 Å². The number of rotatable bonds is 5. The second-order valence-corrected chi connectivity index (χ2v) is 8.63. The Kier molecular flexibility index (Phi) is 7.62. The quantitative estimate of drug-likeness (QED) is 0.137. The molecule has 0 aliphatic carbocycles. The average molecular weight is 619 g/mol. The Morgan fingerprint density at radius 1 is 0.429 bits per heavy atom. The first-order chi connectivity index (χ1) is 19.5. The van der Waals surface area contributed by atoms with Crippen molar-refractivity contribution in [2.75, 3.05) is 5.23 Å². The number of pyridine rings is 1. The summed E-state index contributed by atoms with van der Waals surface area (Å²) >= 11 is 0. The Morgan fingerprint density at radius 3 is 0.952 bits per heavy atom. The fourth-order valence-corrected chi connectivity index (χ4v) is 4.50. The molecule has 1 aromatic heterocycles. The van der Waals surface area contributed by atoms with Crippen molar-refractivity contribution in [3.05, 3.63) is 111 Å². The summed E-state index contributed by atoms with van der Waals surface area (Å²) in [5.74, 6) is -47.3. The van der Waals surface area contributed by atoms with Crippen molar-refractivity contribution in [3.8, 4) is 0 Å². The molecule has 0 spiro atoms. The third-order valence-corrected chi connectivity index (χ3v) is 6.28. The van der Waals surface area contributed by atoms with Crippen LogP contribution in [0.5, 0.6) is 0 Å². The summed E-state index contributed by atoms with van der Waals surface area (Å²) < 4.78 is 221. The van der Waals surface area contributed by atoms with Crippen molar-refractivity contribution in [1.82, 2.24) is 4.98 Å². The summed E-state index contributed by atoms with van der Waals surface area (Å²) in [6.07, 6.45) is -5.92. The zero-order chi connectivity index (χ0) is 31.6. The maximum Gasteiger partial charge on any atom is 0.200 e. The molecule has 0 amide bonds. The predicted molar refractivity (Wildman–Crippen MR) is 116 cm³/mol. The summed E-state index contributed by atoms with van der Waals surface area (Å²) in [6.45, 7) is 1.13. The van der Waals surface area contributed by atoms with E-state index in [0.29, 0.717) is 6.07 Å². The fourth-order valence-electron chi connectivity index (χ4n) is 4.50. The Morgan fingerprint density at radius 2 is 0.690 bits per heavy atom. The molecule has 0 fully saturated rings. The van der Waals surface area contributed by atoms with E-state index in [2.05, 4.69) is 4.98 Å². The van der Waals surface area contributed by atoms with Crippen LogP contribution in [-0.2, 0) is 0 Å². The van der Waals surface area contributed by atoms with Crippen LogP contribution in [0, 0.1) is 94.2 Å². The van der Waals surface area contributed by atoms with Crippen LogP contribution in [0.1, 0.15) is 5.69 Å². The number of halogens is 15. The van der Waals surface area contributed by atoms with Gasteiger partial charge < -0.3 is 5.23 Å². The van der Waals surface area contributed by atoms with Crippen LogP contribution < -0.4 is 21.6 Å². The number of hydrogen-bond acceptors (Lipinski definition) is 2. The molecule has 0 aliphatic rings. The highest BCUT2D eigenvalue weighted by Crippen LogP contribution is 2.28. The van der Waals surface area contributed by atoms with Gasteiger partial charge in [0.15, 0.2) is 58.6 Å². The maximum absolute atomic E-state index is 15.4. The fraction of sp³-hybridized carbons (Fsp3) is 0.0417. The molecule has 42 heavy (non-hydrogen) atoms. The Hall–Kier alpha value is -4.38. The monoisotopic (exact) mass is 619 g/mol. The number of hydrogen-bond donors (Lipinski definition) is 1. The SMILES string of the molecule is Cc1cccc(N[B-](c2c(F)c(F)c(F)c(F)c2F)(c2c(F)c(F)c(F)c(F)c2F)c2c(F)c(F)c(F)c(F)c2F)n1. The van der Waals surface area contributed by atoms with Crippen LogP contribution in [-0.4, -0.2) is 11.3 Å². The van der Waals surface area contributed by atoms with Gasteiger partial charge in [0.25, 0.3) is 0 Å². The van der Waals surface area contributed by atoms with Gasteiger partial charge in [-0.3, -0.25) is 0 Å². The molecular formula is C24H7BF15N2-. The van der Waals surface area contributed by atoms with E-state index in [4.69, 9.17) is 0 Å². The highest BCUT2D eigenvalue weighted by molar-refractivity contribution is 7.13. The zero-order valence-electron chi connectivity index (χ0n) is 19.9. The van der Waals surface area contributed by atoms with E-state index in [0.717, 1.165) is 19.1 Å². The molecule has 2 nitrogen and oxygen atoms in total. The lowest BCUT2D eigenvalue weighted by molar-refractivity contribution is 0.379. The van der Waals surface area contributed by atoms with Crippen LogP contribution in [0.25, 0.3) is 0 Å². The normalized spacial score (nSPS) is 11.8. The van der Waals surface area contributed by atoms with Gasteiger partial charge in [0.1, 0.15) is 34.9 Å². The van der Waals surface area contributed by atoms with Crippen LogP contribution in [0.15, 0.2) is 18.2 Å². The van der Waals surface area contributed by atoms with Crippen molar-refractivity contribution in [1.29, 1.82) is 0 Å². The van der Waals surface area contributed by atoms with Crippen molar-refractivity contribution < 1.29 is 65.9 Å². The molecule has 1 N–H and O–H groups in total. The maximum atomic E-state index is 15.4. The molecule has 0 unspecified atom stereocenters. The van der Waals surface area contributed by atoms with Crippen molar-refractivity contribution >= 4 is 28.5 Å². The summed E-state index contributed by atoms with van der Waals surface area (Å²) in [5, 5.41) is 1.49. The van der Waals surface area contributed by atoms with Gasteiger partial charge in [-0.1, -0.05) is 6.07 Å². The topological polar surface area (TPSA) is 24.9 Å². The summed E-state index contributed by atoms with van der Waals surface area (Å²) in [7, 11) is 0. The van der Waals surface area contributed by atoms with Gasteiger partial charge in [0, 0.05) is 5.69 Å². The minimum atomic E-state index is -5.92. The molecule has 1 heterocycles. The highest BCUT2D eigenvalue weighted by atomic mass is 19.2. The zero-order valence-corrected chi connectivity index (χ0v) is 19.9. The lowest BCUT2D eigenvalue weighted by Gasteiger charge is -2.45. The minimum Gasteiger partial charge on any atom is -0.531 e. The minimum absolute atomic E-state index is 0.170. The largest absolute Gasteiger partial charge is 0.531 e. The number of benzene rings is 3. The van der Waals surface area contributed by atoms with E-state index in [1.807, 2.05) is 0 Å². The molecule has 3 aromatic carbocycles. The number of aryl methyl sites for hydroxylation is 1. The Bertz CT molecular complexity index is 1540. The molecule has 0 bridgehead atoms. The number of aromatic nitrogens is 1. The molecule has 18 heteroatoms. The van der Waals surface area contributed by atoms with Gasteiger partial charge in [-0.25, -0.2) is 70.8 Å². The molecule has 0 aliphatic heterocycles. The van der Waals surface area contributed by atoms with Crippen molar-refractivity contribution in [2.24, 2.45) is 0 Å². The molecule has 0 atom stereocenters. The molecular weight excluding hydrogens is 612 g/mol. The number of nitrogens with one attached hydrogen (secondary N) is 1. The molecule has 0 saturated heterocycles. The second kappa shape index (κ2) is 10.5. The van der Waals surface area contributed by atoms with Crippen molar-refractivity contribution in [2.45, 2.75) is 6.92 Å². The first kappa shape index (κ1) is 30.6. The Labute approximate surface area is 223 Å². The third kappa shape index (κ3) is 4.22. The lowest BCUT2D eigenvalue weighted by atomic mass is 9.23. The van der Waals surface area contributed by atoms with Crippen LogP contribution in [0.3, 0.4) is 0 Å². The molecule has 0 radical (unpaired) electrons. The highest BCUT2D eigenvalue weighted by Gasteiger charge is 2.49. The standard InChI is InChI=1S/C24H7BF15N2/c1-5-3-2-4-6(41-5)42-25(7-10(26)16(32)22(38)17(33)11(7)27,8-12(28)18(34)23(39)19(35)13(8)29)9-14(30)20(36)24(40)21(37)15(9)31/h2-4H,1H3,(H,41,42)/q-1. The number of nitrogens with zero attached hydrogens (tertiary/aromatic N) is 1. The van der Waals surface area contributed by atoms with Gasteiger partial charge in [0.2, 0.25) is 0 Å². The summed E-state index contributed by atoms with van der Waals surface area (Å²) in [5.41, 5.74) is -8.50. The van der Waals surface area contributed by atoms with Gasteiger partial charge in [-0.15, -0.1) is 16.4 Å². The van der Waals surface area contributed by atoms with Crippen molar-refractivity contribution in [3.63, 3.8) is 0 Å². The Balaban J connectivity index is 2.47. The molecule has 0 saturated carbocycles. The van der Waals surface area contributed by atoms with Gasteiger partial charge >= 0.3 is 0 Å². The van der Waals surface area contributed by atoms with E-state index in [-0.39, 0.29) is 5.69 Å². The first-order valence-electron chi connectivity index (χ1n) is 10.9. The smallest absolute Gasteiger partial charge is 0.200 e. The first-order valence-corrected chi connectivity index (χ1v) is 10.9. The number of anilines is 1. The second-order valence-electron chi connectivity index (χ2n) is 8.63. The van der Waals surface area contributed by atoms with E-state index >= 15 is 26.3 Å². The molecule has 4 aromatic rings. The summed E-state index contributed by atoms with van der Waals surface area (Å²) in [4.78, 5) is 3.58. The van der Waals surface area contributed by atoms with E-state index in [9.17, 15) is 39.5 Å². The van der Waals surface area contributed by atoms with E-state index < -0.39 is 116 Å². The van der Waals surface area contributed by atoms with Gasteiger partial charge in [-0.05, 0) is 19.1 Å². The van der Waals surface area contributed by atoms with Gasteiger partial charge in [-0.2, -0.15) is 0 Å². The third-order valence-electron chi connectivity index (χ3n) is 6.28. The molecule has 4 rings (SSSR count).